The zero-order valence-electron chi connectivity index (χ0n) is 12.6. The van der Waals surface area contributed by atoms with Gasteiger partial charge in [0.15, 0.2) is 0 Å². The van der Waals surface area contributed by atoms with Crippen molar-refractivity contribution in [3.8, 4) is 11.8 Å². The highest BCUT2D eigenvalue weighted by Crippen LogP contribution is 2.31. The molecule has 0 aliphatic rings. The number of hydrogen-bond donors (Lipinski definition) is 0. The third-order valence-corrected chi connectivity index (χ3v) is 3.99. The molecule has 0 bridgehead atoms. The number of benzene rings is 1. The first kappa shape index (κ1) is 15.6. The Balaban J connectivity index is 2.47. The van der Waals surface area contributed by atoms with Crippen molar-refractivity contribution >= 4 is 0 Å². The number of aryl methyl sites for hydroxylation is 2. The van der Waals surface area contributed by atoms with Gasteiger partial charge in [0, 0.05) is 0 Å². The minimum atomic E-state index is -0.162. The molecule has 0 aliphatic heterocycles. The topological polar surface area (TPSA) is 33.0 Å². The second-order valence-corrected chi connectivity index (χ2v) is 5.32. The molecular formula is C17H25NO. The van der Waals surface area contributed by atoms with Crippen molar-refractivity contribution in [2.24, 2.45) is 5.41 Å². The van der Waals surface area contributed by atoms with E-state index >= 15 is 0 Å². The Kier molecular flexibility index (Phi) is 5.89. The number of ether oxygens (including phenoxy) is 1. The van der Waals surface area contributed by atoms with Crippen LogP contribution in [0.1, 0.15) is 50.7 Å². The Morgan fingerprint density at radius 1 is 1.21 bits per heavy atom. The minimum absolute atomic E-state index is 0.162. The molecule has 19 heavy (non-hydrogen) atoms. The van der Waals surface area contributed by atoms with Gasteiger partial charge >= 0.3 is 0 Å². The van der Waals surface area contributed by atoms with Gasteiger partial charge in [-0.15, -0.1) is 0 Å². The fourth-order valence-electron chi connectivity index (χ4n) is 2.27. The van der Waals surface area contributed by atoms with Crippen molar-refractivity contribution in [3.05, 3.63) is 29.3 Å². The molecule has 1 aromatic rings. The summed E-state index contributed by atoms with van der Waals surface area (Å²) in [5, 5.41) is 9.28. The van der Waals surface area contributed by atoms with E-state index in [9.17, 15) is 5.26 Å². The maximum atomic E-state index is 9.28. The van der Waals surface area contributed by atoms with Crippen LogP contribution < -0.4 is 4.74 Å². The second kappa shape index (κ2) is 7.19. The van der Waals surface area contributed by atoms with Gasteiger partial charge in [0.1, 0.15) is 5.75 Å². The summed E-state index contributed by atoms with van der Waals surface area (Å²) in [7, 11) is 0. The van der Waals surface area contributed by atoms with Gasteiger partial charge in [-0.1, -0.05) is 26.0 Å². The van der Waals surface area contributed by atoms with Crippen molar-refractivity contribution < 1.29 is 4.74 Å². The van der Waals surface area contributed by atoms with Crippen LogP contribution in [0.25, 0.3) is 0 Å². The maximum absolute atomic E-state index is 9.28. The summed E-state index contributed by atoms with van der Waals surface area (Å²) in [6.07, 6.45) is 3.69. The molecule has 0 atom stereocenters. The van der Waals surface area contributed by atoms with Crippen molar-refractivity contribution in [2.45, 2.75) is 53.4 Å². The molecule has 0 heterocycles. The van der Waals surface area contributed by atoms with Crippen LogP contribution in [0.15, 0.2) is 18.2 Å². The molecule has 0 aromatic heterocycles. The monoisotopic (exact) mass is 259 g/mol. The van der Waals surface area contributed by atoms with Gasteiger partial charge in [0.2, 0.25) is 0 Å². The summed E-state index contributed by atoms with van der Waals surface area (Å²) in [6.45, 7) is 9.01. The molecule has 0 N–H and O–H groups in total. The lowest BCUT2D eigenvalue weighted by Crippen LogP contribution is -2.17. The number of nitriles is 1. The lowest BCUT2D eigenvalue weighted by Gasteiger charge is -2.23. The van der Waals surface area contributed by atoms with Crippen molar-refractivity contribution in [3.63, 3.8) is 0 Å². The van der Waals surface area contributed by atoms with E-state index in [0.717, 1.165) is 31.4 Å². The summed E-state index contributed by atoms with van der Waals surface area (Å²) in [4.78, 5) is 0. The summed E-state index contributed by atoms with van der Waals surface area (Å²) in [5.74, 6) is 0.968. The fraction of sp³-hybridized carbons (Fsp3) is 0.588. The van der Waals surface area contributed by atoms with Crippen LogP contribution in [0.2, 0.25) is 0 Å². The Bertz CT molecular complexity index is 441. The zero-order chi connectivity index (χ0) is 14.3. The van der Waals surface area contributed by atoms with E-state index in [1.807, 2.05) is 0 Å². The molecule has 0 unspecified atom stereocenters. The van der Waals surface area contributed by atoms with E-state index in [1.165, 1.54) is 11.1 Å². The Morgan fingerprint density at radius 2 is 1.89 bits per heavy atom. The first-order chi connectivity index (χ1) is 9.06. The molecule has 2 heteroatoms. The minimum Gasteiger partial charge on any atom is -0.493 e. The van der Waals surface area contributed by atoms with Gasteiger partial charge in [-0.05, 0) is 56.7 Å². The van der Waals surface area contributed by atoms with Crippen LogP contribution >= 0.6 is 0 Å². The standard InChI is InChI=1S/C17H25NO/c1-5-17(6-2,13-18)10-7-11-19-16-12-14(3)8-9-15(16)4/h8-9,12H,5-7,10-11H2,1-4H3. The third-order valence-electron chi connectivity index (χ3n) is 3.99. The molecule has 0 amide bonds. The zero-order valence-corrected chi connectivity index (χ0v) is 12.6. The van der Waals surface area contributed by atoms with Crippen LogP contribution in [0.4, 0.5) is 0 Å². The quantitative estimate of drug-likeness (QED) is 0.659. The van der Waals surface area contributed by atoms with E-state index in [-0.39, 0.29) is 5.41 Å². The van der Waals surface area contributed by atoms with Gasteiger partial charge in [-0.3, -0.25) is 0 Å². The van der Waals surface area contributed by atoms with Crippen LogP contribution in [0.3, 0.4) is 0 Å². The van der Waals surface area contributed by atoms with Crippen molar-refractivity contribution in [1.29, 1.82) is 5.26 Å². The fourth-order valence-corrected chi connectivity index (χ4v) is 2.27. The second-order valence-electron chi connectivity index (χ2n) is 5.32. The van der Waals surface area contributed by atoms with Gasteiger partial charge < -0.3 is 4.74 Å². The van der Waals surface area contributed by atoms with E-state index < -0.39 is 0 Å². The predicted molar refractivity (Wildman–Crippen MR) is 79.3 cm³/mol. The van der Waals surface area contributed by atoms with Gasteiger partial charge in [0.05, 0.1) is 18.1 Å². The molecule has 0 saturated carbocycles. The Labute approximate surface area is 117 Å². The molecule has 1 rings (SSSR count). The van der Waals surface area contributed by atoms with Crippen LogP contribution in [0.5, 0.6) is 5.75 Å². The molecule has 0 aliphatic carbocycles. The normalized spacial score (nSPS) is 11.1. The molecular weight excluding hydrogens is 234 g/mol. The maximum Gasteiger partial charge on any atom is 0.122 e. The smallest absolute Gasteiger partial charge is 0.122 e. The summed E-state index contributed by atoms with van der Waals surface area (Å²) in [5.41, 5.74) is 2.22. The largest absolute Gasteiger partial charge is 0.493 e. The summed E-state index contributed by atoms with van der Waals surface area (Å²) < 4.78 is 5.84. The van der Waals surface area contributed by atoms with E-state index in [0.29, 0.717) is 6.61 Å². The number of nitrogens with zero attached hydrogens (tertiary/aromatic N) is 1. The Hall–Kier alpha value is -1.49. The molecule has 2 nitrogen and oxygen atoms in total. The van der Waals surface area contributed by atoms with E-state index in [4.69, 9.17) is 4.74 Å². The predicted octanol–water partition coefficient (Wildman–Crippen LogP) is 4.79. The first-order valence-corrected chi connectivity index (χ1v) is 7.18. The van der Waals surface area contributed by atoms with E-state index in [1.54, 1.807) is 0 Å². The first-order valence-electron chi connectivity index (χ1n) is 7.18. The summed E-state index contributed by atoms with van der Waals surface area (Å²) >= 11 is 0. The molecule has 104 valence electrons. The average Bonchev–Trinajstić information content (AvgIpc) is 2.43. The van der Waals surface area contributed by atoms with Crippen LogP contribution in [-0.4, -0.2) is 6.61 Å². The van der Waals surface area contributed by atoms with Gasteiger partial charge in [-0.2, -0.15) is 5.26 Å². The molecule has 1 aromatic carbocycles. The number of hydrogen-bond acceptors (Lipinski definition) is 2. The molecule has 0 fully saturated rings. The highest BCUT2D eigenvalue weighted by Gasteiger charge is 2.24. The lowest BCUT2D eigenvalue weighted by molar-refractivity contribution is 0.258. The van der Waals surface area contributed by atoms with Gasteiger partial charge in [-0.25, -0.2) is 0 Å². The highest BCUT2D eigenvalue weighted by atomic mass is 16.5. The number of rotatable bonds is 7. The Morgan fingerprint density at radius 3 is 2.47 bits per heavy atom. The van der Waals surface area contributed by atoms with Gasteiger partial charge in [0.25, 0.3) is 0 Å². The van der Waals surface area contributed by atoms with Crippen LogP contribution in [-0.2, 0) is 0 Å². The molecule has 0 spiro atoms. The summed E-state index contributed by atoms with van der Waals surface area (Å²) in [6, 6.07) is 8.73. The SMILES string of the molecule is CCC(C#N)(CC)CCCOc1cc(C)ccc1C. The average molecular weight is 259 g/mol. The van der Waals surface area contributed by atoms with Crippen LogP contribution in [0, 0.1) is 30.6 Å². The van der Waals surface area contributed by atoms with Crippen molar-refractivity contribution in [1.82, 2.24) is 0 Å². The lowest BCUT2D eigenvalue weighted by atomic mass is 9.80. The molecule has 0 saturated heterocycles. The molecule has 0 radical (unpaired) electrons. The van der Waals surface area contributed by atoms with Crippen molar-refractivity contribution in [2.75, 3.05) is 6.61 Å². The third kappa shape index (κ3) is 4.28. The van der Waals surface area contributed by atoms with E-state index in [2.05, 4.69) is 52.0 Å². The highest BCUT2D eigenvalue weighted by molar-refractivity contribution is 5.35.